The van der Waals surface area contributed by atoms with Gasteiger partial charge in [-0.2, -0.15) is 13.2 Å². The van der Waals surface area contributed by atoms with Gasteiger partial charge in [-0.3, -0.25) is 9.63 Å². The summed E-state index contributed by atoms with van der Waals surface area (Å²) < 4.78 is 60.9. The SMILES string of the molecule is C=CC(=O)Nc1cc(Nc2cc(N3OCCC3c3cccc(C(F)(F)F)c3F)ncn2)c(OC)cc1N1CCC(CN(C)C)C1. The molecule has 2 aliphatic heterocycles. The largest absolute Gasteiger partial charge is 0.494 e. The third-order valence-corrected chi connectivity index (χ3v) is 7.75. The minimum atomic E-state index is -4.84. The lowest BCUT2D eigenvalue weighted by atomic mass is 10.0. The smallest absolute Gasteiger partial charge is 0.419 e. The van der Waals surface area contributed by atoms with Gasteiger partial charge in [0, 0.05) is 43.8 Å². The van der Waals surface area contributed by atoms with Crippen molar-refractivity contribution >= 4 is 34.6 Å². The molecule has 240 valence electrons. The number of amides is 1. The summed E-state index contributed by atoms with van der Waals surface area (Å²) in [5.74, 6) is -0.251. The fourth-order valence-electron chi connectivity index (χ4n) is 5.78. The number of ether oxygens (including phenoxy) is 1. The second kappa shape index (κ2) is 13.3. The molecule has 45 heavy (non-hydrogen) atoms. The van der Waals surface area contributed by atoms with Crippen LogP contribution in [0, 0.1) is 11.7 Å². The summed E-state index contributed by atoms with van der Waals surface area (Å²) in [4.78, 5) is 31.0. The Hall–Kier alpha value is -4.43. The summed E-state index contributed by atoms with van der Waals surface area (Å²) in [6, 6.07) is 7.47. The predicted octanol–water partition coefficient (Wildman–Crippen LogP) is 5.78. The molecule has 0 radical (unpaired) electrons. The van der Waals surface area contributed by atoms with Crippen LogP contribution in [-0.4, -0.2) is 68.2 Å². The molecule has 2 saturated heterocycles. The van der Waals surface area contributed by atoms with E-state index in [4.69, 9.17) is 9.57 Å². The molecule has 0 bridgehead atoms. The van der Waals surface area contributed by atoms with E-state index in [0.29, 0.717) is 34.9 Å². The van der Waals surface area contributed by atoms with Crippen molar-refractivity contribution in [1.82, 2.24) is 14.9 Å². The van der Waals surface area contributed by atoms with Gasteiger partial charge in [0.2, 0.25) is 5.91 Å². The average Bonchev–Trinajstić information content (AvgIpc) is 3.67. The van der Waals surface area contributed by atoms with Crippen molar-refractivity contribution in [2.75, 3.05) is 68.0 Å². The first-order valence-electron chi connectivity index (χ1n) is 14.4. The zero-order valence-corrected chi connectivity index (χ0v) is 25.2. The van der Waals surface area contributed by atoms with Crippen LogP contribution in [0.1, 0.15) is 30.0 Å². The van der Waals surface area contributed by atoms with Gasteiger partial charge in [-0.25, -0.2) is 19.4 Å². The van der Waals surface area contributed by atoms with Crippen molar-refractivity contribution in [3.63, 3.8) is 0 Å². The maximum absolute atomic E-state index is 15.0. The normalized spacial score (nSPS) is 18.4. The fraction of sp³-hybridized carbons (Fsp3) is 0.387. The number of rotatable bonds is 10. The molecule has 2 unspecified atom stereocenters. The highest BCUT2D eigenvalue weighted by atomic mass is 19.4. The minimum absolute atomic E-state index is 0.148. The Bertz CT molecular complexity index is 1550. The number of carbonyl (C=O) groups excluding carboxylic acids is 1. The standard InChI is InChI=1S/C31H35F4N7O3/c1-5-29(43)39-22-13-23(26(44-4)14-25(22)41-11-9-19(17-41)16-40(2)3)38-27-15-28(37-18-36-27)42-24(10-12-45-42)20-7-6-8-21(30(20)32)31(33,34)35/h5-8,13-15,18-19,24H,1,9-12,16-17H2,2-4H3,(H,39,43)(H,36,37,38). The zero-order chi connectivity index (χ0) is 32.3. The Morgan fingerprint density at radius 3 is 2.71 bits per heavy atom. The third-order valence-electron chi connectivity index (χ3n) is 7.75. The second-order valence-corrected chi connectivity index (χ2v) is 11.2. The number of nitrogens with one attached hydrogen (secondary N) is 2. The average molecular weight is 630 g/mol. The summed E-state index contributed by atoms with van der Waals surface area (Å²) >= 11 is 0. The lowest BCUT2D eigenvalue weighted by molar-refractivity contribution is -0.140. The summed E-state index contributed by atoms with van der Waals surface area (Å²) in [7, 11) is 5.61. The van der Waals surface area contributed by atoms with Crippen LogP contribution in [0.4, 0.5) is 46.3 Å². The lowest BCUT2D eigenvalue weighted by Gasteiger charge is -2.26. The highest BCUT2D eigenvalue weighted by Crippen LogP contribution is 2.42. The van der Waals surface area contributed by atoms with E-state index in [1.807, 2.05) is 20.2 Å². The third kappa shape index (κ3) is 7.12. The van der Waals surface area contributed by atoms with Gasteiger partial charge in [-0.1, -0.05) is 18.7 Å². The van der Waals surface area contributed by atoms with Gasteiger partial charge in [0.25, 0.3) is 0 Å². The molecule has 5 rings (SSSR count). The topological polar surface area (TPSA) is 95.1 Å². The maximum atomic E-state index is 15.0. The van der Waals surface area contributed by atoms with Crippen molar-refractivity contribution in [1.29, 1.82) is 0 Å². The number of nitrogens with zero attached hydrogens (tertiary/aromatic N) is 5. The molecule has 2 atom stereocenters. The van der Waals surface area contributed by atoms with E-state index in [1.54, 1.807) is 6.07 Å². The van der Waals surface area contributed by atoms with E-state index < -0.39 is 23.6 Å². The number of methoxy groups -OCH3 is 1. The number of aromatic nitrogens is 2. The quantitative estimate of drug-likeness (QED) is 0.214. The van der Waals surface area contributed by atoms with Gasteiger partial charge in [-0.15, -0.1) is 0 Å². The summed E-state index contributed by atoms with van der Waals surface area (Å²) in [6.07, 6.45) is -1.13. The van der Waals surface area contributed by atoms with Gasteiger partial charge in [0.05, 0.1) is 42.4 Å². The van der Waals surface area contributed by atoms with Crippen LogP contribution in [0.2, 0.25) is 0 Å². The van der Waals surface area contributed by atoms with E-state index >= 15 is 4.39 Å². The number of halogens is 4. The molecule has 2 fully saturated rings. The van der Waals surface area contributed by atoms with Gasteiger partial charge in [0.15, 0.2) is 5.82 Å². The summed E-state index contributed by atoms with van der Waals surface area (Å²) in [5, 5.41) is 7.36. The van der Waals surface area contributed by atoms with Crippen molar-refractivity contribution < 1.29 is 31.9 Å². The van der Waals surface area contributed by atoms with Gasteiger partial charge < -0.3 is 25.2 Å². The van der Waals surface area contributed by atoms with E-state index in [1.165, 1.54) is 42.8 Å². The molecule has 14 heteroatoms. The first-order valence-corrected chi connectivity index (χ1v) is 14.4. The van der Waals surface area contributed by atoms with Crippen molar-refractivity contribution in [2.24, 2.45) is 5.92 Å². The number of carbonyl (C=O) groups is 1. The molecule has 2 aliphatic rings. The maximum Gasteiger partial charge on any atom is 0.419 e. The molecule has 2 aromatic carbocycles. The number of benzene rings is 2. The number of alkyl halides is 3. The molecule has 1 aromatic heterocycles. The van der Waals surface area contributed by atoms with Crippen LogP contribution in [0.25, 0.3) is 0 Å². The van der Waals surface area contributed by atoms with E-state index in [9.17, 15) is 18.0 Å². The van der Waals surface area contributed by atoms with E-state index in [-0.39, 0.29) is 30.3 Å². The Balaban J connectivity index is 1.44. The number of anilines is 5. The Labute approximate surface area is 258 Å². The molecule has 0 aliphatic carbocycles. The number of hydroxylamine groups is 1. The van der Waals surface area contributed by atoms with E-state index in [0.717, 1.165) is 31.7 Å². The molecule has 1 amide bonds. The molecule has 0 saturated carbocycles. The predicted molar refractivity (Wildman–Crippen MR) is 163 cm³/mol. The van der Waals surface area contributed by atoms with Crippen molar-refractivity contribution in [2.45, 2.75) is 25.1 Å². The molecule has 0 spiro atoms. The van der Waals surface area contributed by atoms with Crippen molar-refractivity contribution in [3.8, 4) is 5.75 Å². The molecule has 3 aromatic rings. The highest BCUT2D eigenvalue weighted by molar-refractivity contribution is 6.02. The first kappa shape index (κ1) is 32.0. The van der Waals surface area contributed by atoms with Crippen LogP contribution in [0.15, 0.2) is 55.4 Å². The fourth-order valence-corrected chi connectivity index (χ4v) is 5.78. The van der Waals surface area contributed by atoms with E-state index in [2.05, 4.69) is 37.0 Å². The Kier molecular flexibility index (Phi) is 9.44. The minimum Gasteiger partial charge on any atom is -0.494 e. The molecule has 10 nitrogen and oxygen atoms in total. The molecule has 2 N–H and O–H groups in total. The van der Waals surface area contributed by atoms with Gasteiger partial charge in [0.1, 0.15) is 23.7 Å². The number of hydrogen-bond donors (Lipinski definition) is 2. The first-order chi connectivity index (χ1) is 21.5. The van der Waals surface area contributed by atoms with Crippen LogP contribution >= 0.6 is 0 Å². The Morgan fingerprint density at radius 2 is 2.00 bits per heavy atom. The van der Waals surface area contributed by atoms with Crippen molar-refractivity contribution in [3.05, 3.63) is 72.3 Å². The van der Waals surface area contributed by atoms with Crippen LogP contribution in [0.3, 0.4) is 0 Å². The number of hydrogen-bond acceptors (Lipinski definition) is 9. The zero-order valence-electron chi connectivity index (χ0n) is 25.2. The Morgan fingerprint density at radius 1 is 1.20 bits per heavy atom. The summed E-state index contributed by atoms with van der Waals surface area (Å²) in [6.45, 7) is 6.28. The summed E-state index contributed by atoms with van der Waals surface area (Å²) in [5.41, 5.74) is 0.343. The monoisotopic (exact) mass is 629 g/mol. The second-order valence-electron chi connectivity index (χ2n) is 11.2. The molecule has 3 heterocycles. The molecular weight excluding hydrogens is 594 g/mol. The van der Waals surface area contributed by atoms with Gasteiger partial charge in [-0.05, 0) is 44.6 Å². The lowest BCUT2D eigenvalue weighted by Crippen LogP contribution is -2.26. The van der Waals surface area contributed by atoms with Crippen LogP contribution < -0.4 is 25.3 Å². The van der Waals surface area contributed by atoms with Crippen LogP contribution in [0.5, 0.6) is 5.75 Å². The molecular formula is C31H35F4N7O3. The highest BCUT2D eigenvalue weighted by Gasteiger charge is 2.38. The van der Waals surface area contributed by atoms with Gasteiger partial charge >= 0.3 is 6.18 Å². The van der Waals surface area contributed by atoms with Crippen LogP contribution in [-0.2, 0) is 15.8 Å².